The molecule has 4 nitrogen and oxygen atoms in total. The topological polar surface area (TPSA) is 36.1 Å². The minimum Gasteiger partial charge on any atom is -0.455 e. The molecule has 0 spiro atoms. The van der Waals surface area contributed by atoms with Gasteiger partial charge in [0.2, 0.25) is 0 Å². The van der Waals surface area contributed by atoms with Crippen molar-refractivity contribution in [2.75, 3.05) is 0 Å². The van der Waals surface area contributed by atoms with Crippen molar-refractivity contribution >= 4 is 87.5 Å². The highest BCUT2D eigenvalue weighted by atomic mass is 16.3. The molecule has 4 heterocycles. The van der Waals surface area contributed by atoms with E-state index >= 15 is 0 Å². The molecule has 0 saturated heterocycles. The smallest absolute Gasteiger partial charge is 0.159 e. The molecule has 4 aromatic heterocycles. The molecule has 0 bridgehead atoms. The normalized spacial score (nSPS) is 12.2. The van der Waals surface area contributed by atoms with E-state index in [0.29, 0.717) is 0 Å². The number of fused-ring (bicyclic) bond motifs is 12. The van der Waals surface area contributed by atoms with Crippen LogP contribution < -0.4 is 0 Å². The van der Waals surface area contributed by atoms with Gasteiger partial charge in [0.25, 0.3) is 0 Å². The first kappa shape index (κ1) is 27.7. The fourth-order valence-electron chi connectivity index (χ4n) is 8.65. The molecule has 0 aliphatic carbocycles. The van der Waals surface area contributed by atoms with E-state index in [9.17, 15) is 0 Å². The van der Waals surface area contributed by atoms with Gasteiger partial charge in [0, 0.05) is 54.3 Å². The summed E-state index contributed by atoms with van der Waals surface area (Å²) in [6, 6.07) is 60.4. The molecule has 0 radical (unpaired) electrons. The average molecular weight is 665 g/mol. The van der Waals surface area contributed by atoms with Gasteiger partial charge < -0.3 is 18.0 Å². The standard InChI is InChI=1S/C48H28N2O2/c1-2-12-30(13-3-1)49-40-20-7-6-16-34(40)37-26-29(24-25-43(37)49)31-17-10-18-35-38-27-46-39(28-45(38)51-47(31)35)36-19-11-23-44(48(36)52-46)50-41-21-8-4-14-32(41)33-15-5-9-22-42(33)50/h1-28H. The minimum atomic E-state index is 0.846. The highest BCUT2D eigenvalue weighted by molar-refractivity contribution is 6.19. The third-order valence-electron chi connectivity index (χ3n) is 10.9. The highest BCUT2D eigenvalue weighted by Crippen LogP contribution is 2.43. The lowest BCUT2D eigenvalue weighted by Gasteiger charge is -2.08. The second-order valence-electron chi connectivity index (χ2n) is 13.7. The summed E-state index contributed by atoms with van der Waals surface area (Å²) in [5.74, 6) is 0. The Balaban J connectivity index is 1.05. The van der Waals surface area contributed by atoms with Crippen molar-refractivity contribution in [3.8, 4) is 22.5 Å². The average Bonchev–Trinajstić information content (AvgIpc) is 3.94. The van der Waals surface area contributed by atoms with Crippen LogP contribution in [0.5, 0.6) is 0 Å². The Labute approximate surface area is 296 Å². The molecule has 0 aliphatic heterocycles. The van der Waals surface area contributed by atoms with Gasteiger partial charge in [-0.1, -0.05) is 109 Å². The van der Waals surface area contributed by atoms with Gasteiger partial charge in [-0.25, -0.2) is 0 Å². The van der Waals surface area contributed by atoms with Crippen LogP contribution >= 0.6 is 0 Å². The van der Waals surface area contributed by atoms with Crippen LogP contribution in [0.2, 0.25) is 0 Å². The molecule has 0 atom stereocenters. The molecule has 0 unspecified atom stereocenters. The molecule has 12 rings (SSSR count). The lowest BCUT2D eigenvalue weighted by atomic mass is 10.00. The van der Waals surface area contributed by atoms with Crippen LogP contribution in [0.4, 0.5) is 0 Å². The fraction of sp³-hybridized carbons (Fsp3) is 0. The molecule has 0 amide bonds. The number of furan rings is 2. The maximum atomic E-state index is 6.81. The van der Waals surface area contributed by atoms with E-state index in [-0.39, 0.29) is 0 Å². The van der Waals surface area contributed by atoms with E-state index in [1.807, 2.05) is 0 Å². The Hall–Kier alpha value is -7.04. The summed E-state index contributed by atoms with van der Waals surface area (Å²) in [4.78, 5) is 0. The quantitative estimate of drug-likeness (QED) is 0.188. The van der Waals surface area contributed by atoms with Crippen LogP contribution in [-0.4, -0.2) is 9.13 Å². The van der Waals surface area contributed by atoms with Crippen LogP contribution in [-0.2, 0) is 0 Å². The molecule has 0 saturated carbocycles. The largest absolute Gasteiger partial charge is 0.455 e. The number of hydrogen-bond donors (Lipinski definition) is 0. The maximum Gasteiger partial charge on any atom is 0.159 e. The molecule has 0 fully saturated rings. The Morgan fingerprint density at radius 3 is 1.54 bits per heavy atom. The summed E-state index contributed by atoms with van der Waals surface area (Å²) in [5.41, 5.74) is 12.5. The van der Waals surface area contributed by atoms with Crippen molar-refractivity contribution in [3.05, 3.63) is 170 Å². The molecular weight excluding hydrogens is 637 g/mol. The first-order valence-corrected chi connectivity index (χ1v) is 17.7. The summed E-state index contributed by atoms with van der Waals surface area (Å²) in [6.07, 6.45) is 0. The zero-order valence-electron chi connectivity index (χ0n) is 27.9. The lowest BCUT2D eigenvalue weighted by Crippen LogP contribution is -1.93. The van der Waals surface area contributed by atoms with Crippen molar-refractivity contribution in [1.82, 2.24) is 9.13 Å². The van der Waals surface area contributed by atoms with Crippen molar-refractivity contribution in [2.24, 2.45) is 0 Å². The summed E-state index contributed by atoms with van der Waals surface area (Å²) >= 11 is 0. The van der Waals surface area contributed by atoms with Gasteiger partial charge in [0.1, 0.15) is 16.7 Å². The van der Waals surface area contributed by atoms with Gasteiger partial charge in [-0.2, -0.15) is 0 Å². The molecule has 12 aromatic rings. The van der Waals surface area contributed by atoms with Gasteiger partial charge in [-0.3, -0.25) is 0 Å². The third-order valence-corrected chi connectivity index (χ3v) is 10.9. The third kappa shape index (κ3) is 3.70. The molecule has 4 heteroatoms. The molecule has 8 aromatic carbocycles. The first-order chi connectivity index (χ1) is 25.8. The Morgan fingerprint density at radius 1 is 0.327 bits per heavy atom. The number of hydrogen-bond acceptors (Lipinski definition) is 2. The number of nitrogens with zero attached hydrogens (tertiary/aromatic N) is 2. The van der Waals surface area contributed by atoms with Gasteiger partial charge in [0.15, 0.2) is 5.58 Å². The van der Waals surface area contributed by atoms with E-state index < -0.39 is 0 Å². The van der Waals surface area contributed by atoms with Crippen LogP contribution in [0.1, 0.15) is 0 Å². The van der Waals surface area contributed by atoms with Crippen molar-refractivity contribution in [2.45, 2.75) is 0 Å². The number of rotatable bonds is 3. The molecule has 0 aliphatic rings. The van der Waals surface area contributed by atoms with Crippen LogP contribution in [0.3, 0.4) is 0 Å². The van der Waals surface area contributed by atoms with Crippen molar-refractivity contribution in [1.29, 1.82) is 0 Å². The van der Waals surface area contributed by atoms with Gasteiger partial charge >= 0.3 is 0 Å². The monoisotopic (exact) mass is 664 g/mol. The van der Waals surface area contributed by atoms with Gasteiger partial charge in [0.05, 0.1) is 27.8 Å². The van der Waals surface area contributed by atoms with Crippen molar-refractivity contribution < 1.29 is 8.83 Å². The lowest BCUT2D eigenvalue weighted by molar-refractivity contribution is 0.663. The maximum absolute atomic E-state index is 6.81. The minimum absolute atomic E-state index is 0.846. The Kier molecular flexibility index (Phi) is 5.47. The predicted molar refractivity (Wildman–Crippen MR) is 215 cm³/mol. The van der Waals surface area contributed by atoms with E-state index in [4.69, 9.17) is 8.83 Å². The molecule has 242 valence electrons. The summed E-state index contributed by atoms with van der Waals surface area (Å²) in [7, 11) is 0. The molecular formula is C48H28N2O2. The molecule has 52 heavy (non-hydrogen) atoms. The van der Waals surface area contributed by atoms with Crippen LogP contribution in [0.15, 0.2) is 179 Å². The second-order valence-corrected chi connectivity index (χ2v) is 13.7. The fourth-order valence-corrected chi connectivity index (χ4v) is 8.65. The molecule has 0 N–H and O–H groups in total. The van der Waals surface area contributed by atoms with E-state index in [0.717, 1.165) is 77.4 Å². The highest BCUT2D eigenvalue weighted by Gasteiger charge is 2.20. The SMILES string of the molecule is c1ccc(-n2c3ccccc3c3cc(-c4cccc5c4oc4cc6c(cc45)oc4c(-n5c7ccccc7c7ccccc75)cccc46)ccc32)cc1. The summed E-state index contributed by atoms with van der Waals surface area (Å²) in [6.45, 7) is 0. The number of para-hydroxylation sites is 6. The van der Waals surface area contributed by atoms with E-state index in [1.54, 1.807) is 0 Å². The second kappa shape index (κ2) is 10.3. The van der Waals surface area contributed by atoms with Gasteiger partial charge in [-0.05, 0) is 66.2 Å². The van der Waals surface area contributed by atoms with Crippen LogP contribution in [0, 0.1) is 0 Å². The van der Waals surface area contributed by atoms with Crippen molar-refractivity contribution in [3.63, 3.8) is 0 Å². The Bertz CT molecular complexity index is 3360. The number of benzene rings is 8. The zero-order valence-corrected chi connectivity index (χ0v) is 27.9. The predicted octanol–water partition coefficient (Wildman–Crippen LogP) is 13.3. The van der Waals surface area contributed by atoms with E-state index in [2.05, 4.69) is 179 Å². The van der Waals surface area contributed by atoms with E-state index in [1.165, 1.54) is 32.6 Å². The first-order valence-electron chi connectivity index (χ1n) is 17.7. The zero-order chi connectivity index (χ0) is 33.9. The van der Waals surface area contributed by atoms with Crippen LogP contribution in [0.25, 0.3) is 110 Å². The summed E-state index contributed by atoms with van der Waals surface area (Å²) in [5, 5.41) is 9.13. The number of aromatic nitrogens is 2. The van der Waals surface area contributed by atoms with Gasteiger partial charge in [-0.15, -0.1) is 0 Å². The Morgan fingerprint density at radius 2 is 0.846 bits per heavy atom. The summed E-state index contributed by atoms with van der Waals surface area (Å²) < 4.78 is 18.3.